The lowest BCUT2D eigenvalue weighted by molar-refractivity contribution is -0.137. The third kappa shape index (κ3) is 6.85. The van der Waals surface area contributed by atoms with Crippen LogP contribution < -0.4 is 15.5 Å². The molecule has 4 rings (SSSR count). The van der Waals surface area contributed by atoms with Gasteiger partial charge < -0.3 is 25.5 Å². The van der Waals surface area contributed by atoms with Crippen molar-refractivity contribution in [2.75, 3.05) is 43.2 Å². The lowest BCUT2D eigenvalue weighted by Gasteiger charge is -2.20. The highest BCUT2D eigenvalue weighted by atomic mass is 35.5. The number of nitrogens with one attached hydrogen (secondary N) is 2. The highest BCUT2D eigenvalue weighted by molar-refractivity contribution is 6.38. The summed E-state index contributed by atoms with van der Waals surface area (Å²) in [4.78, 5) is 40.5. The van der Waals surface area contributed by atoms with Crippen molar-refractivity contribution in [1.29, 1.82) is 0 Å². The number of amides is 2. The van der Waals surface area contributed by atoms with E-state index >= 15 is 0 Å². The summed E-state index contributed by atoms with van der Waals surface area (Å²) in [5, 5.41) is 15.9. The number of benzene rings is 3. The SMILES string of the molecule is CN(C)CCC(=O)N(C)c1ccc(N/C(=C2\C(=O)Nc3cc(Cl)ccc32)c2cccc(CCC(=O)O)c2)cc1. The number of carboxylic acid groups (broad SMARTS) is 1. The van der Waals surface area contributed by atoms with Gasteiger partial charge in [0.05, 0.1) is 17.0 Å². The van der Waals surface area contributed by atoms with Gasteiger partial charge in [0.15, 0.2) is 0 Å². The van der Waals surface area contributed by atoms with Crippen molar-refractivity contribution in [2.45, 2.75) is 19.3 Å². The van der Waals surface area contributed by atoms with Crippen LogP contribution in [0.4, 0.5) is 17.1 Å². The molecule has 3 aromatic rings. The molecule has 1 aliphatic heterocycles. The molecule has 0 fully saturated rings. The quantitative estimate of drug-likeness (QED) is 0.302. The Labute approximate surface area is 232 Å². The molecular formula is C30H31ClN4O4. The maximum atomic E-state index is 13.2. The third-order valence-electron chi connectivity index (χ3n) is 6.49. The van der Waals surface area contributed by atoms with Crippen molar-refractivity contribution in [1.82, 2.24) is 4.90 Å². The molecule has 0 unspecified atom stereocenters. The first-order chi connectivity index (χ1) is 18.6. The predicted molar refractivity (Wildman–Crippen MR) is 156 cm³/mol. The van der Waals surface area contributed by atoms with Gasteiger partial charge >= 0.3 is 5.97 Å². The van der Waals surface area contributed by atoms with Gasteiger partial charge in [-0.1, -0.05) is 35.9 Å². The van der Waals surface area contributed by atoms with Crippen LogP contribution >= 0.6 is 11.6 Å². The Bertz CT molecular complexity index is 1430. The normalized spacial score (nSPS) is 13.6. The lowest BCUT2D eigenvalue weighted by Crippen LogP contribution is -2.29. The molecule has 9 heteroatoms. The van der Waals surface area contributed by atoms with Crippen LogP contribution in [0.1, 0.15) is 29.5 Å². The Hall–Kier alpha value is -4.14. The monoisotopic (exact) mass is 546 g/mol. The first-order valence-corrected chi connectivity index (χ1v) is 12.9. The van der Waals surface area contributed by atoms with Crippen LogP contribution in [0.3, 0.4) is 0 Å². The molecule has 0 aliphatic carbocycles. The average Bonchev–Trinajstić information content (AvgIpc) is 3.23. The van der Waals surface area contributed by atoms with E-state index in [9.17, 15) is 14.4 Å². The third-order valence-corrected chi connectivity index (χ3v) is 6.73. The fourth-order valence-corrected chi connectivity index (χ4v) is 4.52. The molecule has 0 aromatic heterocycles. The van der Waals surface area contributed by atoms with Gasteiger partial charge in [0.25, 0.3) is 5.91 Å². The zero-order valence-electron chi connectivity index (χ0n) is 22.1. The first kappa shape index (κ1) is 27.9. The van der Waals surface area contributed by atoms with Crippen molar-refractivity contribution in [3.63, 3.8) is 0 Å². The molecule has 3 aromatic carbocycles. The zero-order valence-corrected chi connectivity index (χ0v) is 22.9. The molecule has 202 valence electrons. The van der Waals surface area contributed by atoms with Gasteiger partial charge in [0.1, 0.15) is 0 Å². The minimum Gasteiger partial charge on any atom is -0.481 e. The smallest absolute Gasteiger partial charge is 0.303 e. The summed E-state index contributed by atoms with van der Waals surface area (Å²) in [6, 6.07) is 20.2. The molecule has 0 saturated heterocycles. The standard InChI is InChI=1S/C30H31ClN4O4/c1-34(2)16-15-26(36)35(3)23-11-9-22(10-12-23)32-29(20-6-4-5-19(17-20)7-14-27(37)38)28-24-13-8-21(31)18-25(24)33-30(28)39/h4-6,8-13,17-18,32H,7,14-16H2,1-3H3,(H,33,39)(H,37,38)/b29-28-. The van der Waals surface area contributed by atoms with E-state index in [0.29, 0.717) is 46.9 Å². The molecule has 0 radical (unpaired) electrons. The number of hydrogen-bond acceptors (Lipinski definition) is 5. The van der Waals surface area contributed by atoms with E-state index < -0.39 is 5.97 Å². The summed E-state index contributed by atoms with van der Waals surface area (Å²) >= 11 is 6.16. The molecule has 39 heavy (non-hydrogen) atoms. The van der Waals surface area contributed by atoms with E-state index in [1.165, 1.54) is 0 Å². The van der Waals surface area contributed by atoms with Gasteiger partial charge in [-0.2, -0.15) is 0 Å². The largest absolute Gasteiger partial charge is 0.481 e. The van der Waals surface area contributed by atoms with E-state index in [1.807, 2.05) is 67.5 Å². The van der Waals surface area contributed by atoms with Crippen LogP contribution in [0, 0.1) is 0 Å². The molecule has 1 aliphatic rings. The van der Waals surface area contributed by atoms with Crippen LogP contribution in [-0.2, 0) is 20.8 Å². The summed E-state index contributed by atoms with van der Waals surface area (Å²) in [7, 11) is 5.61. The number of aryl methyl sites for hydroxylation is 1. The Balaban J connectivity index is 1.70. The van der Waals surface area contributed by atoms with Crippen LogP contribution in [-0.4, -0.2) is 55.5 Å². The minimum atomic E-state index is -0.872. The van der Waals surface area contributed by atoms with E-state index in [0.717, 1.165) is 22.5 Å². The minimum absolute atomic E-state index is 0.00679. The molecular weight excluding hydrogens is 516 g/mol. The highest BCUT2D eigenvalue weighted by Crippen LogP contribution is 2.39. The highest BCUT2D eigenvalue weighted by Gasteiger charge is 2.29. The van der Waals surface area contributed by atoms with E-state index in [1.54, 1.807) is 30.1 Å². The number of rotatable bonds is 10. The second-order valence-corrected chi connectivity index (χ2v) is 10.1. The Morgan fingerprint density at radius 3 is 2.41 bits per heavy atom. The average molecular weight is 547 g/mol. The summed E-state index contributed by atoms with van der Waals surface area (Å²) in [5.41, 5.74) is 5.44. The van der Waals surface area contributed by atoms with E-state index in [4.69, 9.17) is 16.7 Å². The van der Waals surface area contributed by atoms with Gasteiger partial charge in [-0.25, -0.2) is 0 Å². The van der Waals surface area contributed by atoms with Crippen LogP contribution in [0.2, 0.25) is 5.02 Å². The Morgan fingerprint density at radius 2 is 1.72 bits per heavy atom. The van der Waals surface area contributed by atoms with Gasteiger partial charge in [-0.05, 0) is 74.1 Å². The second kappa shape index (κ2) is 12.1. The molecule has 8 nitrogen and oxygen atoms in total. The number of carbonyl (C=O) groups is 3. The predicted octanol–water partition coefficient (Wildman–Crippen LogP) is 5.20. The van der Waals surface area contributed by atoms with Crippen LogP contribution in [0.5, 0.6) is 0 Å². The first-order valence-electron chi connectivity index (χ1n) is 12.6. The number of fused-ring (bicyclic) bond motifs is 1. The number of hydrogen-bond donors (Lipinski definition) is 3. The summed E-state index contributed by atoms with van der Waals surface area (Å²) in [6.07, 6.45) is 0.788. The molecule has 0 bridgehead atoms. The van der Waals surface area contributed by atoms with Crippen molar-refractivity contribution in [3.8, 4) is 0 Å². The maximum Gasteiger partial charge on any atom is 0.303 e. The van der Waals surface area contributed by atoms with E-state index in [2.05, 4.69) is 10.6 Å². The fourth-order valence-electron chi connectivity index (χ4n) is 4.35. The van der Waals surface area contributed by atoms with Gasteiger partial charge in [-0.3, -0.25) is 14.4 Å². The Kier molecular flexibility index (Phi) is 8.69. The van der Waals surface area contributed by atoms with Gasteiger partial charge in [0, 0.05) is 48.4 Å². The lowest BCUT2D eigenvalue weighted by atomic mass is 9.97. The van der Waals surface area contributed by atoms with Crippen molar-refractivity contribution >= 4 is 57.7 Å². The van der Waals surface area contributed by atoms with Crippen molar-refractivity contribution in [2.24, 2.45) is 0 Å². The number of carboxylic acids is 1. The van der Waals surface area contributed by atoms with E-state index in [-0.39, 0.29) is 18.2 Å². The second-order valence-electron chi connectivity index (χ2n) is 9.67. The van der Waals surface area contributed by atoms with Gasteiger partial charge in [-0.15, -0.1) is 0 Å². The molecule has 2 amide bonds. The Morgan fingerprint density at radius 1 is 0.974 bits per heavy atom. The van der Waals surface area contributed by atoms with Crippen molar-refractivity contribution < 1.29 is 19.5 Å². The number of aliphatic carboxylic acids is 1. The number of carbonyl (C=O) groups excluding carboxylic acids is 2. The maximum absolute atomic E-state index is 13.2. The van der Waals surface area contributed by atoms with Gasteiger partial charge in [0.2, 0.25) is 5.91 Å². The summed E-state index contributed by atoms with van der Waals surface area (Å²) in [6.45, 7) is 0.667. The molecule has 0 saturated carbocycles. The van der Waals surface area contributed by atoms with Crippen LogP contribution in [0.25, 0.3) is 11.3 Å². The molecule has 0 atom stereocenters. The van der Waals surface area contributed by atoms with Crippen molar-refractivity contribution in [3.05, 3.63) is 88.4 Å². The number of halogens is 1. The molecule has 0 spiro atoms. The fraction of sp³-hybridized carbons (Fsp3) is 0.233. The number of nitrogens with zero attached hydrogens (tertiary/aromatic N) is 2. The topological polar surface area (TPSA) is 102 Å². The van der Waals surface area contributed by atoms with Crippen LogP contribution in [0.15, 0.2) is 66.7 Å². The zero-order chi connectivity index (χ0) is 28.1. The summed E-state index contributed by atoms with van der Waals surface area (Å²) in [5.74, 6) is -1.12. The number of anilines is 3. The molecule has 3 N–H and O–H groups in total. The summed E-state index contributed by atoms with van der Waals surface area (Å²) < 4.78 is 0. The molecule has 1 heterocycles.